The predicted octanol–water partition coefficient (Wildman–Crippen LogP) is -3.13. The van der Waals surface area contributed by atoms with E-state index in [1.807, 2.05) is 7.05 Å². The van der Waals surface area contributed by atoms with Crippen molar-refractivity contribution in [2.24, 2.45) is 16.4 Å². The Balaban J connectivity index is 1.85. The lowest BCUT2D eigenvalue weighted by molar-refractivity contribution is -0.918. The first-order valence-corrected chi connectivity index (χ1v) is 7.24. The van der Waals surface area contributed by atoms with Crippen molar-refractivity contribution in [3.05, 3.63) is 0 Å². The van der Waals surface area contributed by atoms with E-state index in [4.69, 9.17) is 12.2 Å². The maximum atomic E-state index is 5.11. The Morgan fingerprint density at radius 1 is 1.33 bits per heavy atom. The zero-order chi connectivity index (χ0) is 12.8. The number of nitrogens with one attached hydrogen (secondary N) is 4. The van der Waals surface area contributed by atoms with Crippen molar-refractivity contribution in [1.82, 2.24) is 10.7 Å². The predicted molar refractivity (Wildman–Crippen MR) is 75.0 cm³/mol. The highest BCUT2D eigenvalue weighted by atomic mass is 32.1. The van der Waals surface area contributed by atoms with Gasteiger partial charge in [0.2, 0.25) is 0 Å². The molecule has 4 rings (SSSR count). The average Bonchev–Trinajstić information content (AvgIpc) is 2.55. The summed E-state index contributed by atoms with van der Waals surface area (Å²) in [5.74, 6) is 0.636. The van der Waals surface area contributed by atoms with E-state index in [0.29, 0.717) is 11.0 Å². The van der Waals surface area contributed by atoms with Crippen molar-refractivity contribution in [3.63, 3.8) is 0 Å². The highest BCUT2D eigenvalue weighted by Gasteiger charge is 2.54. The second-order valence-corrected chi connectivity index (χ2v) is 6.62. The molecule has 4 saturated heterocycles. The summed E-state index contributed by atoms with van der Waals surface area (Å²) < 4.78 is 0. The third-order valence-corrected chi connectivity index (χ3v) is 4.99. The van der Waals surface area contributed by atoms with Crippen molar-refractivity contribution in [1.29, 1.82) is 0 Å². The van der Waals surface area contributed by atoms with Crippen LogP contribution in [-0.4, -0.2) is 57.1 Å². The van der Waals surface area contributed by atoms with Crippen molar-refractivity contribution in [2.75, 3.05) is 46.3 Å². The Morgan fingerprint density at radius 3 is 2.44 bits per heavy atom. The molecular formula is C12H23N5S+2. The Hall–Kier alpha value is -0.720. The molecular weight excluding hydrogens is 246 g/mol. The van der Waals surface area contributed by atoms with Gasteiger partial charge in [-0.25, -0.2) is 0 Å². The van der Waals surface area contributed by atoms with Gasteiger partial charge in [-0.2, -0.15) is 5.10 Å². The summed E-state index contributed by atoms with van der Waals surface area (Å²) in [5, 5.41) is 8.17. The fraction of sp³-hybridized carbons (Fsp3) is 0.833. The molecule has 4 N–H and O–H groups in total. The molecule has 0 aromatic rings. The Kier molecular flexibility index (Phi) is 3.03. The summed E-state index contributed by atoms with van der Waals surface area (Å²) in [5.41, 5.74) is 4.61. The smallest absolute Gasteiger partial charge is 0.186 e. The normalized spacial score (nSPS) is 43.9. The standard InChI is InChI=1S/C12H21N5S/c1-12-7-16-3-4-17(8-12)6-9(5-16)10(12)14-15-11(18)13-2/h9H,3-8H2,1-2H3,(H2,13,15,18)/p+2/b14-10-. The Bertz CT molecular complexity index is 378. The Labute approximate surface area is 114 Å². The minimum Gasteiger partial charge on any atom is -0.364 e. The van der Waals surface area contributed by atoms with Gasteiger partial charge < -0.3 is 15.1 Å². The highest BCUT2D eigenvalue weighted by Crippen LogP contribution is 2.26. The number of hydrogen-bond acceptors (Lipinski definition) is 2. The van der Waals surface area contributed by atoms with E-state index in [-0.39, 0.29) is 5.41 Å². The molecule has 0 spiro atoms. The number of thiocarbonyl (C=S) groups is 1. The minimum atomic E-state index is 0.263. The summed E-state index contributed by atoms with van der Waals surface area (Å²) in [6.45, 7) is 10.0. The maximum Gasteiger partial charge on any atom is 0.186 e. The molecule has 18 heavy (non-hydrogen) atoms. The van der Waals surface area contributed by atoms with Crippen LogP contribution in [0, 0.1) is 11.3 Å². The molecule has 4 fully saturated rings. The van der Waals surface area contributed by atoms with Crippen LogP contribution in [0.5, 0.6) is 0 Å². The molecule has 4 aliphatic rings. The molecule has 0 aromatic heterocycles. The molecule has 0 aliphatic carbocycles. The van der Waals surface area contributed by atoms with Gasteiger partial charge in [-0.3, -0.25) is 5.43 Å². The van der Waals surface area contributed by atoms with Crippen LogP contribution in [0.4, 0.5) is 0 Å². The van der Waals surface area contributed by atoms with Gasteiger partial charge in [0.1, 0.15) is 18.5 Å². The van der Waals surface area contributed by atoms with Gasteiger partial charge in [0.15, 0.2) is 5.11 Å². The third kappa shape index (κ3) is 2.02. The molecule has 0 amide bonds. The lowest BCUT2D eigenvalue weighted by atomic mass is 9.72. The van der Waals surface area contributed by atoms with Crippen LogP contribution in [0.15, 0.2) is 5.10 Å². The van der Waals surface area contributed by atoms with Crippen LogP contribution in [0.2, 0.25) is 0 Å². The first-order chi connectivity index (χ1) is 8.60. The lowest BCUT2D eigenvalue weighted by Crippen LogP contribution is -3.16. The maximum absolute atomic E-state index is 5.11. The zero-order valence-corrected chi connectivity index (χ0v) is 12.0. The zero-order valence-electron chi connectivity index (χ0n) is 11.2. The monoisotopic (exact) mass is 269 g/mol. The second-order valence-electron chi connectivity index (χ2n) is 6.21. The number of hydrogen-bond donors (Lipinski definition) is 4. The van der Waals surface area contributed by atoms with E-state index in [1.54, 1.807) is 9.80 Å². The fourth-order valence-corrected chi connectivity index (χ4v) is 4.12. The lowest BCUT2D eigenvalue weighted by Gasteiger charge is -2.43. The van der Waals surface area contributed by atoms with E-state index in [0.717, 1.165) is 0 Å². The molecule has 4 heterocycles. The largest absolute Gasteiger partial charge is 0.364 e. The van der Waals surface area contributed by atoms with E-state index in [2.05, 4.69) is 22.8 Å². The molecule has 0 radical (unpaired) electrons. The van der Waals surface area contributed by atoms with Crippen LogP contribution in [-0.2, 0) is 0 Å². The fourth-order valence-electron chi connectivity index (χ4n) is 4.07. The van der Waals surface area contributed by atoms with Crippen molar-refractivity contribution in [3.8, 4) is 0 Å². The van der Waals surface area contributed by atoms with Crippen LogP contribution < -0.4 is 20.5 Å². The molecule has 0 saturated carbocycles. The van der Waals surface area contributed by atoms with E-state index in [9.17, 15) is 0 Å². The molecule has 4 bridgehead atoms. The van der Waals surface area contributed by atoms with Crippen LogP contribution in [0.1, 0.15) is 6.92 Å². The average molecular weight is 269 g/mol. The van der Waals surface area contributed by atoms with Crippen LogP contribution in [0.25, 0.3) is 0 Å². The van der Waals surface area contributed by atoms with Gasteiger partial charge in [-0.1, -0.05) is 0 Å². The van der Waals surface area contributed by atoms with Gasteiger partial charge in [-0.05, 0) is 19.1 Å². The number of piperidine rings is 2. The minimum absolute atomic E-state index is 0.263. The van der Waals surface area contributed by atoms with Crippen LogP contribution >= 0.6 is 12.2 Å². The topological polar surface area (TPSA) is 45.3 Å². The van der Waals surface area contributed by atoms with E-state index >= 15 is 0 Å². The molecule has 6 heteroatoms. The van der Waals surface area contributed by atoms with Crippen LogP contribution in [0.3, 0.4) is 0 Å². The van der Waals surface area contributed by atoms with Gasteiger partial charge in [0, 0.05) is 7.05 Å². The highest BCUT2D eigenvalue weighted by molar-refractivity contribution is 7.80. The third-order valence-electron chi connectivity index (χ3n) is 4.69. The summed E-state index contributed by atoms with van der Waals surface area (Å²) in [4.78, 5) is 3.54. The molecule has 2 unspecified atom stereocenters. The van der Waals surface area contributed by atoms with Gasteiger partial charge >= 0.3 is 0 Å². The van der Waals surface area contributed by atoms with Crippen molar-refractivity contribution < 1.29 is 9.80 Å². The molecule has 2 atom stereocenters. The Morgan fingerprint density at radius 2 is 1.94 bits per heavy atom. The molecule has 4 aliphatic heterocycles. The first kappa shape index (κ1) is 12.3. The quantitative estimate of drug-likeness (QED) is 0.301. The molecule has 100 valence electrons. The molecule has 0 aromatic carbocycles. The summed E-state index contributed by atoms with van der Waals surface area (Å²) >= 11 is 5.11. The van der Waals surface area contributed by atoms with Gasteiger partial charge in [0.05, 0.1) is 37.8 Å². The van der Waals surface area contributed by atoms with Gasteiger partial charge in [-0.15, -0.1) is 0 Å². The van der Waals surface area contributed by atoms with Crippen molar-refractivity contribution >= 4 is 23.0 Å². The molecule has 5 nitrogen and oxygen atoms in total. The van der Waals surface area contributed by atoms with E-state index in [1.165, 1.54) is 45.0 Å². The van der Waals surface area contributed by atoms with E-state index < -0.39 is 0 Å². The number of hydrazone groups is 1. The summed E-state index contributed by atoms with van der Waals surface area (Å²) in [6, 6.07) is 0. The number of fused-ring (bicyclic) bond motifs is 1. The van der Waals surface area contributed by atoms with Crippen molar-refractivity contribution in [2.45, 2.75) is 6.92 Å². The number of rotatable bonds is 1. The van der Waals surface area contributed by atoms with Gasteiger partial charge in [0.25, 0.3) is 0 Å². The number of nitrogens with zero attached hydrogens (tertiary/aromatic N) is 1. The SMILES string of the molecule is CNC(=S)N/N=C1/C2C[NH+]3CC[NH+](C2)CC1(C)C3. The summed E-state index contributed by atoms with van der Waals surface area (Å²) in [7, 11) is 1.82. The second kappa shape index (κ2) is 4.43. The summed E-state index contributed by atoms with van der Waals surface area (Å²) in [6.07, 6.45) is 0. The number of quaternary nitrogens is 2. The first-order valence-electron chi connectivity index (χ1n) is 6.83.